The third-order valence-corrected chi connectivity index (χ3v) is 2.07. The van der Waals surface area contributed by atoms with Gasteiger partial charge in [-0.1, -0.05) is 15.9 Å². The zero-order valence-electron chi connectivity index (χ0n) is 7.70. The number of alkyl halides is 1. The van der Waals surface area contributed by atoms with Crippen LogP contribution in [0.3, 0.4) is 0 Å². The van der Waals surface area contributed by atoms with Crippen molar-refractivity contribution < 1.29 is 9.18 Å². The van der Waals surface area contributed by atoms with Crippen LogP contribution in [0.4, 0.5) is 4.39 Å². The SMILES string of the molecule is CN(CCBr)C(=O)c1cncc(F)c1. The average molecular weight is 261 g/mol. The smallest absolute Gasteiger partial charge is 0.255 e. The van der Waals surface area contributed by atoms with Crippen LogP contribution >= 0.6 is 15.9 Å². The van der Waals surface area contributed by atoms with Crippen LogP contribution in [-0.4, -0.2) is 34.7 Å². The van der Waals surface area contributed by atoms with E-state index in [0.717, 1.165) is 6.20 Å². The molecule has 76 valence electrons. The summed E-state index contributed by atoms with van der Waals surface area (Å²) in [6.45, 7) is 0.579. The largest absolute Gasteiger partial charge is 0.341 e. The van der Waals surface area contributed by atoms with Crippen LogP contribution in [-0.2, 0) is 0 Å². The molecule has 0 bridgehead atoms. The van der Waals surface area contributed by atoms with E-state index in [1.165, 1.54) is 17.2 Å². The van der Waals surface area contributed by atoms with Crippen LogP contribution in [0.5, 0.6) is 0 Å². The van der Waals surface area contributed by atoms with Crippen LogP contribution in [0.1, 0.15) is 10.4 Å². The van der Waals surface area contributed by atoms with Crippen molar-refractivity contribution >= 4 is 21.8 Å². The van der Waals surface area contributed by atoms with E-state index in [0.29, 0.717) is 11.9 Å². The molecular weight excluding hydrogens is 251 g/mol. The minimum absolute atomic E-state index is 0.226. The summed E-state index contributed by atoms with van der Waals surface area (Å²) in [5.41, 5.74) is 0.272. The number of aromatic nitrogens is 1. The summed E-state index contributed by atoms with van der Waals surface area (Å²) in [4.78, 5) is 16.7. The van der Waals surface area contributed by atoms with Gasteiger partial charge in [0.1, 0.15) is 5.82 Å². The molecule has 0 radical (unpaired) electrons. The molecule has 0 atom stereocenters. The number of halogens is 2. The first-order valence-electron chi connectivity index (χ1n) is 4.07. The summed E-state index contributed by atoms with van der Waals surface area (Å²) in [5.74, 6) is -0.723. The zero-order valence-corrected chi connectivity index (χ0v) is 9.29. The van der Waals surface area contributed by atoms with E-state index in [1.54, 1.807) is 7.05 Å². The Morgan fingerprint density at radius 3 is 2.93 bits per heavy atom. The summed E-state index contributed by atoms with van der Waals surface area (Å²) in [6, 6.07) is 1.18. The van der Waals surface area contributed by atoms with E-state index < -0.39 is 5.82 Å². The maximum atomic E-state index is 12.7. The first-order valence-corrected chi connectivity index (χ1v) is 5.19. The maximum absolute atomic E-state index is 12.7. The van der Waals surface area contributed by atoms with E-state index in [-0.39, 0.29) is 11.5 Å². The van der Waals surface area contributed by atoms with Gasteiger partial charge in [0.05, 0.1) is 11.8 Å². The maximum Gasteiger partial charge on any atom is 0.255 e. The first-order chi connectivity index (χ1) is 6.65. The number of carbonyl (C=O) groups is 1. The van der Waals surface area contributed by atoms with Crippen LogP contribution in [0.15, 0.2) is 18.5 Å². The van der Waals surface area contributed by atoms with Gasteiger partial charge in [-0.15, -0.1) is 0 Å². The van der Waals surface area contributed by atoms with Gasteiger partial charge in [0.2, 0.25) is 0 Å². The molecule has 0 saturated heterocycles. The molecule has 0 saturated carbocycles. The second-order valence-corrected chi connectivity index (χ2v) is 3.60. The lowest BCUT2D eigenvalue weighted by Crippen LogP contribution is -2.28. The molecule has 5 heteroatoms. The van der Waals surface area contributed by atoms with Gasteiger partial charge in [0.15, 0.2) is 0 Å². The van der Waals surface area contributed by atoms with Crippen molar-refractivity contribution in [2.75, 3.05) is 18.9 Å². The Hall–Kier alpha value is -0.970. The standard InChI is InChI=1S/C9H10BrFN2O/c1-13(3-2-10)9(14)7-4-8(11)6-12-5-7/h4-6H,2-3H2,1H3. The van der Waals surface area contributed by atoms with Crippen molar-refractivity contribution in [1.29, 1.82) is 0 Å². The van der Waals surface area contributed by atoms with E-state index in [2.05, 4.69) is 20.9 Å². The molecule has 0 N–H and O–H groups in total. The molecule has 0 aliphatic carbocycles. The summed E-state index contributed by atoms with van der Waals surface area (Å²) in [6.07, 6.45) is 2.43. The van der Waals surface area contributed by atoms with Gasteiger partial charge in [-0.05, 0) is 6.07 Å². The van der Waals surface area contributed by atoms with Crippen molar-refractivity contribution in [1.82, 2.24) is 9.88 Å². The minimum Gasteiger partial charge on any atom is -0.341 e. The summed E-state index contributed by atoms with van der Waals surface area (Å²) < 4.78 is 12.7. The molecule has 14 heavy (non-hydrogen) atoms. The Morgan fingerprint density at radius 1 is 1.64 bits per heavy atom. The molecule has 0 spiro atoms. The monoisotopic (exact) mass is 260 g/mol. The molecule has 1 aromatic heterocycles. The highest BCUT2D eigenvalue weighted by Gasteiger charge is 2.11. The fraction of sp³-hybridized carbons (Fsp3) is 0.333. The predicted octanol–water partition coefficient (Wildman–Crippen LogP) is 1.69. The third kappa shape index (κ3) is 2.77. The highest BCUT2D eigenvalue weighted by atomic mass is 79.9. The second-order valence-electron chi connectivity index (χ2n) is 2.81. The average Bonchev–Trinajstić information content (AvgIpc) is 2.17. The molecule has 0 fully saturated rings. The third-order valence-electron chi connectivity index (χ3n) is 1.72. The first kappa shape index (κ1) is 11.1. The molecule has 0 aliphatic heterocycles. The Kier molecular flexibility index (Phi) is 4.00. The molecule has 1 rings (SSSR count). The molecule has 3 nitrogen and oxygen atoms in total. The molecule has 0 aromatic carbocycles. The summed E-state index contributed by atoms with van der Waals surface area (Å²) in [7, 11) is 1.66. The van der Waals surface area contributed by atoms with E-state index in [4.69, 9.17) is 0 Å². The zero-order chi connectivity index (χ0) is 10.6. The predicted molar refractivity (Wildman–Crippen MR) is 54.9 cm³/mol. The normalized spacial score (nSPS) is 9.93. The van der Waals surface area contributed by atoms with Gasteiger partial charge in [0.25, 0.3) is 5.91 Å². The number of hydrogen-bond donors (Lipinski definition) is 0. The number of rotatable bonds is 3. The lowest BCUT2D eigenvalue weighted by atomic mass is 10.2. The fourth-order valence-corrected chi connectivity index (χ4v) is 1.51. The second kappa shape index (κ2) is 5.05. The fourth-order valence-electron chi connectivity index (χ4n) is 0.978. The van der Waals surface area contributed by atoms with E-state index in [1.807, 2.05) is 0 Å². The van der Waals surface area contributed by atoms with Gasteiger partial charge >= 0.3 is 0 Å². The topological polar surface area (TPSA) is 33.2 Å². The van der Waals surface area contributed by atoms with Gasteiger partial charge in [-0.3, -0.25) is 9.78 Å². The highest BCUT2D eigenvalue weighted by molar-refractivity contribution is 9.09. The molecule has 1 amide bonds. The van der Waals surface area contributed by atoms with Crippen molar-refractivity contribution in [3.8, 4) is 0 Å². The minimum atomic E-state index is -0.497. The molecule has 1 aromatic rings. The van der Waals surface area contributed by atoms with Gasteiger partial charge < -0.3 is 4.90 Å². The lowest BCUT2D eigenvalue weighted by molar-refractivity contribution is 0.0803. The Balaban J connectivity index is 2.78. The molecular formula is C9H10BrFN2O. The lowest BCUT2D eigenvalue weighted by Gasteiger charge is -2.14. The van der Waals surface area contributed by atoms with Crippen LogP contribution in [0.25, 0.3) is 0 Å². The van der Waals surface area contributed by atoms with Gasteiger partial charge in [-0.25, -0.2) is 4.39 Å². The van der Waals surface area contributed by atoms with Crippen molar-refractivity contribution in [3.05, 3.63) is 29.8 Å². The van der Waals surface area contributed by atoms with E-state index in [9.17, 15) is 9.18 Å². The Labute approximate surface area is 90.1 Å². The molecule has 1 heterocycles. The highest BCUT2D eigenvalue weighted by Crippen LogP contribution is 2.04. The number of pyridine rings is 1. The number of hydrogen-bond acceptors (Lipinski definition) is 2. The molecule has 0 aliphatic rings. The quantitative estimate of drug-likeness (QED) is 0.776. The van der Waals surface area contributed by atoms with Crippen LogP contribution < -0.4 is 0 Å². The number of amides is 1. The van der Waals surface area contributed by atoms with Crippen molar-refractivity contribution in [2.45, 2.75) is 0 Å². The summed E-state index contributed by atoms with van der Waals surface area (Å²) >= 11 is 3.22. The van der Waals surface area contributed by atoms with Crippen molar-refractivity contribution in [2.24, 2.45) is 0 Å². The van der Waals surface area contributed by atoms with Crippen LogP contribution in [0.2, 0.25) is 0 Å². The summed E-state index contributed by atoms with van der Waals surface area (Å²) in [5, 5.41) is 0.692. The Morgan fingerprint density at radius 2 is 2.36 bits per heavy atom. The number of carbonyl (C=O) groups excluding carboxylic acids is 1. The van der Waals surface area contributed by atoms with Gasteiger partial charge in [-0.2, -0.15) is 0 Å². The molecule has 0 unspecified atom stereocenters. The van der Waals surface area contributed by atoms with E-state index >= 15 is 0 Å². The van der Waals surface area contributed by atoms with Crippen LogP contribution in [0, 0.1) is 5.82 Å². The van der Waals surface area contributed by atoms with Crippen molar-refractivity contribution in [3.63, 3.8) is 0 Å². The Bertz CT molecular complexity index is 332. The number of nitrogens with zero attached hydrogens (tertiary/aromatic N) is 2. The van der Waals surface area contributed by atoms with Gasteiger partial charge in [0, 0.05) is 25.1 Å².